The molecule has 17 heavy (non-hydrogen) atoms. The summed E-state index contributed by atoms with van der Waals surface area (Å²) in [5, 5.41) is 2.75. The van der Waals surface area contributed by atoms with Crippen LogP contribution in [0.2, 0.25) is 0 Å². The van der Waals surface area contributed by atoms with Crippen molar-refractivity contribution in [3.8, 4) is 0 Å². The summed E-state index contributed by atoms with van der Waals surface area (Å²) in [4.78, 5) is 15.8. The van der Waals surface area contributed by atoms with Crippen LogP contribution in [0.5, 0.6) is 0 Å². The van der Waals surface area contributed by atoms with Gasteiger partial charge in [-0.1, -0.05) is 15.9 Å². The molecule has 2 aromatic rings. The second-order valence-electron chi connectivity index (χ2n) is 3.42. The van der Waals surface area contributed by atoms with Gasteiger partial charge in [-0.25, -0.2) is 0 Å². The summed E-state index contributed by atoms with van der Waals surface area (Å²) in [6.07, 6.45) is 3.00. The first-order valence-corrected chi connectivity index (χ1v) is 5.72. The molecular weight excluding hydrogens is 282 g/mol. The number of hydrogen-bond acceptors (Lipinski definition) is 3. The van der Waals surface area contributed by atoms with Crippen molar-refractivity contribution in [1.82, 2.24) is 4.98 Å². The van der Waals surface area contributed by atoms with E-state index in [1.807, 2.05) is 12.1 Å². The summed E-state index contributed by atoms with van der Waals surface area (Å²) in [5.74, 6) is -0.266. The second kappa shape index (κ2) is 4.97. The van der Waals surface area contributed by atoms with E-state index in [1.165, 1.54) is 6.20 Å². The zero-order chi connectivity index (χ0) is 12.3. The number of benzene rings is 1. The monoisotopic (exact) mass is 291 g/mol. The first-order chi connectivity index (χ1) is 8.16. The molecule has 3 N–H and O–H groups in total. The van der Waals surface area contributed by atoms with Gasteiger partial charge in [0.2, 0.25) is 0 Å². The average molecular weight is 292 g/mol. The zero-order valence-electron chi connectivity index (χ0n) is 8.85. The maximum absolute atomic E-state index is 11.9. The number of rotatable bonds is 2. The fraction of sp³-hybridized carbons (Fsp3) is 0. The van der Waals surface area contributed by atoms with E-state index in [9.17, 15) is 4.79 Å². The number of carbonyl (C=O) groups is 1. The first-order valence-electron chi connectivity index (χ1n) is 4.93. The Morgan fingerprint density at radius 1 is 1.24 bits per heavy atom. The quantitative estimate of drug-likeness (QED) is 0.894. The molecule has 5 heteroatoms. The third-order valence-corrected chi connectivity index (χ3v) is 2.73. The van der Waals surface area contributed by atoms with E-state index in [0.717, 1.165) is 4.47 Å². The van der Waals surface area contributed by atoms with Crippen LogP contribution in [0.3, 0.4) is 0 Å². The Balaban J connectivity index is 2.17. The minimum absolute atomic E-state index is 0.266. The number of amides is 1. The normalized spacial score (nSPS) is 9.94. The molecule has 1 heterocycles. The second-order valence-corrected chi connectivity index (χ2v) is 4.34. The van der Waals surface area contributed by atoms with Crippen LogP contribution in [0, 0.1) is 0 Å². The van der Waals surface area contributed by atoms with Crippen molar-refractivity contribution in [2.24, 2.45) is 0 Å². The van der Waals surface area contributed by atoms with Crippen LogP contribution in [0.1, 0.15) is 10.4 Å². The van der Waals surface area contributed by atoms with Gasteiger partial charge in [0, 0.05) is 28.2 Å². The predicted molar refractivity (Wildman–Crippen MR) is 70.7 cm³/mol. The van der Waals surface area contributed by atoms with Gasteiger partial charge in [0.05, 0.1) is 5.56 Å². The maximum Gasteiger partial charge on any atom is 0.259 e. The number of nitrogens with two attached hydrogens (primary N) is 1. The summed E-state index contributed by atoms with van der Waals surface area (Å²) in [6, 6.07) is 8.89. The van der Waals surface area contributed by atoms with Crippen LogP contribution in [-0.2, 0) is 0 Å². The van der Waals surface area contributed by atoms with E-state index in [4.69, 9.17) is 5.73 Å². The highest BCUT2D eigenvalue weighted by atomic mass is 79.9. The largest absolute Gasteiger partial charge is 0.398 e. The van der Waals surface area contributed by atoms with Crippen molar-refractivity contribution in [2.75, 3.05) is 11.1 Å². The molecule has 2 rings (SSSR count). The first kappa shape index (κ1) is 11.6. The molecule has 0 bridgehead atoms. The molecule has 0 spiro atoms. The molecule has 1 aromatic carbocycles. The molecule has 0 aliphatic rings. The van der Waals surface area contributed by atoms with E-state index < -0.39 is 0 Å². The van der Waals surface area contributed by atoms with Crippen molar-refractivity contribution < 1.29 is 4.79 Å². The Bertz CT molecular complexity index is 540. The van der Waals surface area contributed by atoms with Gasteiger partial charge in [-0.2, -0.15) is 0 Å². The number of pyridine rings is 1. The lowest BCUT2D eigenvalue weighted by molar-refractivity contribution is 0.102. The highest BCUT2D eigenvalue weighted by molar-refractivity contribution is 9.10. The van der Waals surface area contributed by atoms with E-state index in [0.29, 0.717) is 16.9 Å². The van der Waals surface area contributed by atoms with Gasteiger partial charge in [-0.15, -0.1) is 0 Å². The summed E-state index contributed by atoms with van der Waals surface area (Å²) in [6.45, 7) is 0. The lowest BCUT2D eigenvalue weighted by Gasteiger charge is -2.06. The molecular formula is C12H10BrN3O. The molecule has 1 aromatic heterocycles. The number of aromatic nitrogens is 1. The van der Waals surface area contributed by atoms with Crippen LogP contribution in [0.25, 0.3) is 0 Å². The van der Waals surface area contributed by atoms with E-state index in [-0.39, 0.29) is 5.91 Å². The van der Waals surface area contributed by atoms with Crippen molar-refractivity contribution in [3.05, 3.63) is 52.8 Å². The molecule has 4 nitrogen and oxygen atoms in total. The minimum Gasteiger partial charge on any atom is -0.398 e. The van der Waals surface area contributed by atoms with Crippen molar-refractivity contribution in [2.45, 2.75) is 0 Å². The maximum atomic E-state index is 11.9. The summed E-state index contributed by atoms with van der Waals surface area (Å²) in [7, 11) is 0. The SMILES string of the molecule is Nc1ccncc1C(=O)Nc1ccc(Br)cc1. The number of anilines is 2. The Hall–Kier alpha value is -1.88. The van der Waals surface area contributed by atoms with Crippen LogP contribution in [0.15, 0.2) is 47.2 Å². The molecule has 0 saturated carbocycles. The Labute approximate surface area is 107 Å². The summed E-state index contributed by atoms with van der Waals surface area (Å²) < 4.78 is 0.955. The number of carbonyl (C=O) groups excluding carboxylic acids is 1. The number of hydrogen-bond donors (Lipinski definition) is 2. The number of nitrogens with one attached hydrogen (secondary N) is 1. The third-order valence-electron chi connectivity index (χ3n) is 2.20. The molecule has 0 atom stereocenters. The van der Waals surface area contributed by atoms with Crippen molar-refractivity contribution in [3.63, 3.8) is 0 Å². The van der Waals surface area contributed by atoms with Gasteiger partial charge < -0.3 is 11.1 Å². The highest BCUT2D eigenvalue weighted by Gasteiger charge is 2.09. The lowest BCUT2D eigenvalue weighted by Crippen LogP contribution is -2.14. The topological polar surface area (TPSA) is 68.0 Å². The van der Waals surface area contributed by atoms with E-state index >= 15 is 0 Å². The van der Waals surface area contributed by atoms with Crippen LogP contribution in [-0.4, -0.2) is 10.9 Å². The fourth-order valence-corrected chi connectivity index (χ4v) is 1.59. The molecule has 0 aliphatic heterocycles. The fourth-order valence-electron chi connectivity index (χ4n) is 1.33. The van der Waals surface area contributed by atoms with Crippen molar-refractivity contribution >= 4 is 33.2 Å². The van der Waals surface area contributed by atoms with Crippen molar-refractivity contribution in [1.29, 1.82) is 0 Å². The summed E-state index contributed by atoms with van der Waals surface area (Å²) in [5.41, 5.74) is 7.18. The Morgan fingerprint density at radius 3 is 2.59 bits per heavy atom. The van der Waals surface area contributed by atoms with Crippen LogP contribution in [0.4, 0.5) is 11.4 Å². The average Bonchev–Trinajstić information content (AvgIpc) is 2.32. The lowest BCUT2D eigenvalue weighted by atomic mass is 10.2. The number of nitrogens with zero attached hydrogens (tertiary/aromatic N) is 1. The molecule has 0 aliphatic carbocycles. The molecule has 0 unspecified atom stereocenters. The minimum atomic E-state index is -0.266. The van der Waals surface area contributed by atoms with Gasteiger partial charge in [-0.05, 0) is 30.3 Å². The Morgan fingerprint density at radius 2 is 1.94 bits per heavy atom. The van der Waals surface area contributed by atoms with Crippen LogP contribution < -0.4 is 11.1 Å². The number of nitrogen functional groups attached to an aromatic ring is 1. The third kappa shape index (κ3) is 2.82. The molecule has 0 saturated heterocycles. The Kier molecular flexibility index (Phi) is 3.39. The molecule has 0 fully saturated rings. The van der Waals surface area contributed by atoms with E-state index in [1.54, 1.807) is 24.4 Å². The summed E-state index contributed by atoms with van der Waals surface area (Å²) >= 11 is 3.33. The van der Waals surface area contributed by atoms with Gasteiger partial charge >= 0.3 is 0 Å². The van der Waals surface area contributed by atoms with E-state index in [2.05, 4.69) is 26.2 Å². The smallest absolute Gasteiger partial charge is 0.259 e. The van der Waals surface area contributed by atoms with Gasteiger partial charge in [0.15, 0.2) is 0 Å². The molecule has 1 amide bonds. The molecule has 0 radical (unpaired) electrons. The van der Waals surface area contributed by atoms with Gasteiger partial charge in [0.1, 0.15) is 0 Å². The van der Waals surface area contributed by atoms with Gasteiger partial charge in [-0.3, -0.25) is 9.78 Å². The van der Waals surface area contributed by atoms with Crippen LogP contribution >= 0.6 is 15.9 Å². The predicted octanol–water partition coefficient (Wildman–Crippen LogP) is 2.68. The molecule has 86 valence electrons. The zero-order valence-corrected chi connectivity index (χ0v) is 10.4. The van der Waals surface area contributed by atoms with Gasteiger partial charge in [0.25, 0.3) is 5.91 Å². The highest BCUT2D eigenvalue weighted by Crippen LogP contribution is 2.16. The standard InChI is InChI=1S/C12H10BrN3O/c13-8-1-3-9(4-2-8)16-12(17)10-7-15-6-5-11(10)14/h1-7H,(H2,14,15)(H,16,17). The number of halogens is 1.